The first-order valence-corrected chi connectivity index (χ1v) is 7.51. The highest BCUT2D eigenvalue weighted by Gasteiger charge is 2.43. The zero-order valence-corrected chi connectivity index (χ0v) is 12.1. The van der Waals surface area contributed by atoms with Crippen LogP contribution in [0.5, 0.6) is 0 Å². The molecular weight excluding hydrogens is 271 g/mol. The van der Waals surface area contributed by atoms with Gasteiger partial charge >= 0.3 is 0 Å². The molecule has 114 valence electrons. The largest absolute Gasteiger partial charge is 0.381 e. The minimum absolute atomic E-state index is 0.0587. The summed E-state index contributed by atoms with van der Waals surface area (Å²) < 4.78 is 19.1. The van der Waals surface area contributed by atoms with Crippen molar-refractivity contribution in [2.75, 3.05) is 13.2 Å². The maximum absolute atomic E-state index is 13.8. The Bertz CT molecular complexity index is 525. The molecule has 1 aliphatic carbocycles. The second-order valence-corrected chi connectivity index (χ2v) is 6.02. The summed E-state index contributed by atoms with van der Waals surface area (Å²) in [6.45, 7) is 1.33. The summed E-state index contributed by atoms with van der Waals surface area (Å²) in [4.78, 5) is 14.6. The van der Waals surface area contributed by atoms with Gasteiger partial charge in [0.25, 0.3) is 0 Å². The summed E-state index contributed by atoms with van der Waals surface area (Å²) >= 11 is 0. The number of benzene rings is 1. The van der Waals surface area contributed by atoms with Crippen molar-refractivity contribution < 1.29 is 13.9 Å². The zero-order valence-electron chi connectivity index (χ0n) is 12.1. The van der Waals surface area contributed by atoms with Gasteiger partial charge in [0.1, 0.15) is 5.82 Å². The third kappa shape index (κ3) is 3.09. The lowest BCUT2D eigenvalue weighted by Gasteiger charge is -2.37. The Morgan fingerprint density at radius 1 is 1.33 bits per heavy atom. The van der Waals surface area contributed by atoms with Crippen LogP contribution in [0.2, 0.25) is 0 Å². The van der Waals surface area contributed by atoms with Crippen LogP contribution in [0.4, 0.5) is 4.39 Å². The molecule has 2 fully saturated rings. The molecule has 1 saturated carbocycles. The Morgan fingerprint density at radius 3 is 2.62 bits per heavy atom. The van der Waals surface area contributed by atoms with E-state index in [0.29, 0.717) is 38.2 Å². The van der Waals surface area contributed by atoms with E-state index in [1.165, 1.54) is 6.07 Å². The topological polar surface area (TPSA) is 55.6 Å². The van der Waals surface area contributed by atoms with Crippen molar-refractivity contribution in [2.45, 2.75) is 43.8 Å². The highest BCUT2D eigenvalue weighted by Crippen LogP contribution is 2.32. The van der Waals surface area contributed by atoms with Crippen molar-refractivity contribution in [2.24, 2.45) is 5.73 Å². The van der Waals surface area contributed by atoms with Gasteiger partial charge in [-0.05, 0) is 31.7 Å². The predicted molar refractivity (Wildman–Crippen MR) is 76.9 cm³/mol. The Labute approximate surface area is 124 Å². The van der Waals surface area contributed by atoms with E-state index in [4.69, 9.17) is 10.5 Å². The molecule has 2 N–H and O–H groups in total. The average molecular weight is 292 g/mol. The first-order valence-electron chi connectivity index (χ1n) is 7.51. The van der Waals surface area contributed by atoms with E-state index < -0.39 is 5.54 Å². The van der Waals surface area contributed by atoms with Gasteiger partial charge < -0.3 is 15.4 Å². The van der Waals surface area contributed by atoms with Gasteiger partial charge in [-0.25, -0.2) is 4.39 Å². The number of nitrogens with zero attached hydrogens (tertiary/aromatic N) is 1. The molecule has 0 atom stereocenters. The molecule has 21 heavy (non-hydrogen) atoms. The number of ether oxygens (including phenoxy) is 1. The Morgan fingerprint density at radius 2 is 2.00 bits per heavy atom. The highest BCUT2D eigenvalue weighted by atomic mass is 19.1. The third-order valence-corrected chi connectivity index (χ3v) is 4.36. The van der Waals surface area contributed by atoms with Gasteiger partial charge in [0.2, 0.25) is 5.91 Å². The van der Waals surface area contributed by atoms with Crippen molar-refractivity contribution in [3.05, 3.63) is 35.6 Å². The van der Waals surface area contributed by atoms with Crippen LogP contribution in [0.25, 0.3) is 0 Å². The molecule has 0 aromatic heterocycles. The molecule has 4 nitrogen and oxygen atoms in total. The fourth-order valence-electron chi connectivity index (χ4n) is 2.80. The second kappa shape index (κ2) is 5.73. The number of amides is 1. The molecule has 3 rings (SSSR count). The van der Waals surface area contributed by atoms with Gasteiger partial charge in [-0.2, -0.15) is 0 Å². The summed E-state index contributed by atoms with van der Waals surface area (Å²) in [7, 11) is 0. The second-order valence-electron chi connectivity index (χ2n) is 6.02. The first kappa shape index (κ1) is 14.5. The maximum Gasteiger partial charge on any atom is 0.243 e. The molecule has 2 aliphatic rings. The van der Waals surface area contributed by atoms with Crippen molar-refractivity contribution in [3.8, 4) is 0 Å². The molecule has 1 heterocycles. The Kier molecular flexibility index (Phi) is 3.95. The summed E-state index contributed by atoms with van der Waals surface area (Å²) in [6.07, 6.45) is 3.03. The Hall–Kier alpha value is -1.46. The standard InChI is InChI=1S/C16H21FN2O2/c17-14-4-2-1-3-12(14)11-19(13-5-6-13)15(20)16(18)7-9-21-10-8-16/h1-4,13H,5-11,18H2. The van der Waals surface area contributed by atoms with E-state index in [9.17, 15) is 9.18 Å². The number of nitrogens with two attached hydrogens (primary N) is 1. The van der Waals surface area contributed by atoms with Crippen LogP contribution in [0.1, 0.15) is 31.2 Å². The third-order valence-electron chi connectivity index (χ3n) is 4.36. The van der Waals surface area contributed by atoms with Crippen LogP contribution in [-0.2, 0) is 16.1 Å². The van der Waals surface area contributed by atoms with Gasteiger partial charge in [-0.15, -0.1) is 0 Å². The molecule has 0 radical (unpaired) electrons. The van der Waals surface area contributed by atoms with E-state index in [1.54, 1.807) is 23.1 Å². The fraction of sp³-hybridized carbons (Fsp3) is 0.562. The zero-order chi connectivity index (χ0) is 14.9. The van der Waals surface area contributed by atoms with Crippen LogP contribution >= 0.6 is 0 Å². The van der Waals surface area contributed by atoms with Crippen molar-refractivity contribution in [1.82, 2.24) is 4.90 Å². The van der Waals surface area contributed by atoms with Crippen LogP contribution in [0.15, 0.2) is 24.3 Å². The number of halogens is 1. The summed E-state index contributed by atoms with van der Waals surface area (Å²) in [5.41, 5.74) is 5.99. The van der Waals surface area contributed by atoms with E-state index in [-0.39, 0.29) is 17.8 Å². The van der Waals surface area contributed by atoms with Crippen LogP contribution in [0.3, 0.4) is 0 Å². The SMILES string of the molecule is NC1(C(=O)N(Cc2ccccc2F)C2CC2)CCOCC1. The summed E-state index contributed by atoms with van der Waals surface area (Å²) in [5.74, 6) is -0.328. The van der Waals surface area contributed by atoms with Gasteiger partial charge in [-0.1, -0.05) is 18.2 Å². The fourth-order valence-corrected chi connectivity index (χ4v) is 2.80. The molecule has 0 spiro atoms. The van der Waals surface area contributed by atoms with Crippen molar-refractivity contribution in [1.29, 1.82) is 0 Å². The highest BCUT2D eigenvalue weighted by molar-refractivity contribution is 5.86. The normalized spacial score (nSPS) is 21.0. The number of rotatable bonds is 4. The van der Waals surface area contributed by atoms with Crippen LogP contribution in [0, 0.1) is 5.82 Å². The lowest BCUT2D eigenvalue weighted by Crippen LogP contribution is -2.58. The number of carbonyl (C=O) groups is 1. The average Bonchev–Trinajstić information content (AvgIpc) is 3.31. The van der Waals surface area contributed by atoms with E-state index in [0.717, 1.165) is 12.8 Å². The lowest BCUT2D eigenvalue weighted by atomic mass is 9.89. The molecule has 1 aromatic carbocycles. The molecule has 1 amide bonds. The summed E-state index contributed by atoms with van der Waals surface area (Å²) in [6, 6.07) is 6.81. The lowest BCUT2D eigenvalue weighted by molar-refractivity contribution is -0.141. The quantitative estimate of drug-likeness (QED) is 0.921. The minimum atomic E-state index is -0.855. The number of hydrogen-bond donors (Lipinski definition) is 1. The number of hydrogen-bond acceptors (Lipinski definition) is 3. The van der Waals surface area contributed by atoms with Crippen LogP contribution < -0.4 is 5.73 Å². The maximum atomic E-state index is 13.8. The Balaban J connectivity index is 1.78. The predicted octanol–water partition coefficient (Wildman–Crippen LogP) is 1.82. The van der Waals surface area contributed by atoms with Gasteiger partial charge in [0.05, 0.1) is 5.54 Å². The van der Waals surface area contributed by atoms with Gasteiger partial charge in [0, 0.05) is 31.4 Å². The van der Waals surface area contributed by atoms with E-state index in [2.05, 4.69) is 0 Å². The van der Waals surface area contributed by atoms with Gasteiger partial charge in [0.15, 0.2) is 0 Å². The first-order chi connectivity index (χ1) is 10.1. The molecular formula is C16H21FN2O2. The van der Waals surface area contributed by atoms with Crippen LogP contribution in [-0.4, -0.2) is 35.6 Å². The number of carbonyl (C=O) groups excluding carboxylic acids is 1. The monoisotopic (exact) mass is 292 g/mol. The van der Waals surface area contributed by atoms with E-state index in [1.807, 2.05) is 0 Å². The molecule has 1 saturated heterocycles. The molecule has 0 unspecified atom stereocenters. The van der Waals surface area contributed by atoms with Gasteiger partial charge in [-0.3, -0.25) is 4.79 Å². The molecule has 5 heteroatoms. The van der Waals surface area contributed by atoms with Crippen molar-refractivity contribution >= 4 is 5.91 Å². The minimum Gasteiger partial charge on any atom is -0.381 e. The molecule has 1 aliphatic heterocycles. The van der Waals surface area contributed by atoms with Crippen molar-refractivity contribution in [3.63, 3.8) is 0 Å². The molecule has 0 bridgehead atoms. The summed E-state index contributed by atoms with van der Waals surface area (Å²) in [5, 5.41) is 0. The van der Waals surface area contributed by atoms with E-state index >= 15 is 0 Å². The smallest absolute Gasteiger partial charge is 0.243 e. The molecule has 1 aromatic rings.